The molecule has 180 valence electrons. The van der Waals surface area contributed by atoms with E-state index in [1.54, 1.807) is 0 Å². The van der Waals surface area contributed by atoms with Crippen molar-refractivity contribution in [2.45, 2.75) is 128 Å². The molecule has 0 saturated carbocycles. The second-order valence-corrected chi connectivity index (χ2v) is 9.54. The van der Waals surface area contributed by atoms with Crippen molar-refractivity contribution in [3.63, 3.8) is 0 Å². The number of hydrogen-bond donors (Lipinski definition) is 3. The smallest absolute Gasteiger partial charge is 0.115 e. The SMILES string of the molecule is CCCCCCCCCCCCCCCCCCc1ccccc1CC(O)(CO)CO. The highest BCUT2D eigenvalue weighted by Crippen LogP contribution is 2.20. The lowest BCUT2D eigenvalue weighted by Crippen LogP contribution is -2.40. The van der Waals surface area contributed by atoms with Crippen LogP contribution in [0.1, 0.15) is 121 Å². The Morgan fingerprint density at radius 3 is 1.39 bits per heavy atom. The highest BCUT2D eigenvalue weighted by atomic mass is 16.4. The van der Waals surface area contributed by atoms with E-state index in [1.165, 1.54) is 102 Å². The third-order valence-corrected chi connectivity index (χ3v) is 6.53. The molecular weight excluding hydrogens is 384 g/mol. The summed E-state index contributed by atoms with van der Waals surface area (Å²) in [5.74, 6) is 0. The number of aryl methyl sites for hydroxylation is 1. The van der Waals surface area contributed by atoms with E-state index in [1.807, 2.05) is 18.2 Å². The minimum atomic E-state index is -1.43. The summed E-state index contributed by atoms with van der Waals surface area (Å²) in [4.78, 5) is 0. The second-order valence-electron chi connectivity index (χ2n) is 9.54. The number of aliphatic hydroxyl groups is 3. The first-order valence-electron chi connectivity index (χ1n) is 13.2. The molecule has 0 saturated heterocycles. The van der Waals surface area contributed by atoms with Crippen molar-refractivity contribution in [1.29, 1.82) is 0 Å². The van der Waals surface area contributed by atoms with E-state index in [9.17, 15) is 15.3 Å². The Morgan fingerprint density at radius 1 is 0.581 bits per heavy atom. The van der Waals surface area contributed by atoms with Crippen LogP contribution in [0.4, 0.5) is 0 Å². The molecule has 0 unspecified atom stereocenters. The van der Waals surface area contributed by atoms with Crippen molar-refractivity contribution >= 4 is 0 Å². The maximum absolute atomic E-state index is 10.2. The van der Waals surface area contributed by atoms with Gasteiger partial charge in [0, 0.05) is 6.42 Å². The predicted octanol–water partition coefficient (Wildman–Crippen LogP) is 6.75. The molecule has 0 amide bonds. The van der Waals surface area contributed by atoms with E-state index in [0.29, 0.717) is 6.42 Å². The molecule has 0 aliphatic rings. The summed E-state index contributed by atoms with van der Waals surface area (Å²) in [5, 5.41) is 28.9. The summed E-state index contributed by atoms with van der Waals surface area (Å²) in [7, 11) is 0. The van der Waals surface area contributed by atoms with Gasteiger partial charge in [0.25, 0.3) is 0 Å². The van der Waals surface area contributed by atoms with Gasteiger partial charge in [-0.1, -0.05) is 128 Å². The van der Waals surface area contributed by atoms with Crippen molar-refractivity contribution in [3.8, 4) is 0 Å². The molecular formula is C28H50O3. The van der Waals surface area contributed by atoms with Gasteiger partial charge in [-0.3, -0.25) is 0 Å². The monoisotopic (exact) mass is 434 g/mol. The molecule has 3 nitrogen and oxygen atoms in total. The van der Waals surface area contributed by atoms with Crippen molar-refractivity contribution < 1.29 is 15.3 Å². The second kappa shape index (κ2) is 18.7. The molecule has 0 atom stereocenters. The fourth-order valence-electron chi connectivity index (χ4n) is 4.35. The first-order chi connectivity index (χ1) is 15.1. The minimum absolute atomic E-state index is 0.301. The third kappa shape index (κ3) is 14.0. The molecule has 0 aliphatic heterocycles. The average molecular weight is 435 g/mol. The van der Waals surface area contributed by atoms with Gasteiger partial charge >= 0.3 is 0 Å². The van der Waals surface area contributed by atoms with Gasteiger partial charge in [0.15, 0.2) is 0 Å². The Bertz CT molecular complexity index is 525. The summed E-state index contributed by atoms with van der Waals surface area (Å²) in [5.41, 5.74) is 0.840. The molecule has 1 aromatic rings. The molecule has 3 N–H and O–H groups in total. The molecule has 1 rings (SSSR count). The van der Waals surface area contributed by atoms with Crippen LogP contribution in [0.5, 0.6) is 0 Å². The molecule has 1 aromatic carbocycles. The van der Waals surface area contributed by atoms with Crippen LogP contribution < -0.4 is 0 Å². The summed E-state index contributed by atoms with van der Waals surface area (Å²) in [6, 6.07) is 8.09. The first-order valence-corrected chi connectivity index (χ1v) is 13.2. The molecule has 3 heteroatoms. The average Bonchev–Trinajstić information content (AvgIpc) is 2.79. The molecule has 31 heavy (non-hydrogen) atoms. The lowest BCUT2D eigenvalue weighted by molar-refractivity contribution is -0.0541. The van der Waals surface area contributed by atoms with Crippen LogP contribution in [0.3, 0.4) is 0 Å². The summed E-state index contributed by atoms with van der Waals surface area (Å²) >= 11 is 0. The number of hydrogen-bond acceptors (Lipinski definition) is 3. The van der Waals surface area contributed by atoms with Gasteiger partial charge in [-0.15, -0.1) is 0 Å². The van der Waals surface area contributed by atoms with E-state index in [4.69, 9.17) is 0 Å². The standard InChI is InChI=1S/C28H50O3/c1-2-3-4-5-6-7-8-9-10-11-12-13-14-15-16-17-20-26-21-18-19-22-27(26)23-28(31,24-29)25-30/h18-19,21-22,29-31H,2-17,20,23-25H2,1H3. The highest BCUT2D eigenvalue weighted by molar-refractivity contribution is 5.28. The van der Waals surface area contributed by atoms with Gasteiger partial charge in [-0.05, 0) is 24.0 Å². The third-order valence-electron chi connectivity index (χ3n) is 6.53. The molecule has 0 aromatic heterocycles. The Kier molecular flexibility index (Phi) is 16.9. The van der Waals surface area contributed by atoms with Crippen LogP contribution in [0, 0.1) is 0 Å². The van der Waals surface area contributed by atoms with Crippen molar-refractivity contribution in [2.24, 2.45) is 0 Å². The van der Waals surface area contributed by atoms with Crippen molar-refractivity contribution in [1.82, 2.24) is 0 Å². The molecule has 0 bridgehead atoms. The van der Waals surface area contributed by atoms with Crippen molar-refractivity contribution in [2.75, 3.05) is 13.2 Å². The van der Waals surface area contributed by atoms with E-state index in [-0.39, 0.29) is 0 Å². The highest BCUT2D eigenvalue weighted by Gasteiger charge is 2.26. The molecule has 0 radical (unpaired) electrons. The van der Waals surface area contributed by atoms with Crippen LogP contribution in [-0.4, -0.2) is 34.1 Å². The summed E-state index contributed by atoms with van der Waals surface area (Å²) in [6.07, 6.45) is 23.3. The number of rotatable bonds is 21. The van der Waals surface area contributed by atoms with Gasteiger partial charge in [-0.2, -0.15) is 0 Å². The molecule has 0 heterocycles. The van der Waals surface area contributed by atoms with Crippen LogP contribution in [0.2, 0.25) is 0 Å². The minimum Gasteiger partial charge on any atom is -0.393 e. The number of benzene rings is 1. The van der Waals surface area contributed by atoms with E-state index >= 15 is 0 Å². The Labute approximate surface area is 192 Å². The molecule has 0 aliphatic carbocycles. The van der Waals surface area contributed by atoms with Crippen LogP contribution in [0.15, 0.2) is 24.3 Å². The van der Waals surface area contributed by atoms with Gasteiger partial charge in [0.05, 0.1) is 13.2 Å². The van der Waals surface area contributed by atoms with Gasteiger partial charge < -0.3 is 15.3 Å². The van der Waals surface area contributed by atoms with E-state index in [0.717, 1.165) is 18.4 Å². The largest absolute Gasteiger partial charge is 0.393 e. The quantitative estimate of drug-likeness (QED) is 0.188. The first kappa shape index (κ1) is 28.1. The molecule has 0 fully saturated rings. The van der Waals surface area contributed by atoms with Gasteiger partial charge in [0.2, 0.25) is 0 Å². The zero-order chi connectivity index (χ0) is 22.6. The fraction of sp³-hybridized carbons (Fsp3) is 0.786. The normalized spacial score (nSPS) is 11.9. The number of unbranched alkanes of at least 4 members (excludes halogenated alkanes) is 15. The maximum atomic E-state index is 10.2. The summed E-state index contributed by atoms with van der Waals surface area (Å²) < 4.78 is 0. The van der Waals surface area contributed by atoms with Gasteiger partial charge in [0.1, 0.15) is 5.60 Å². The Hall–Kier alpha value is -0.900. The summed E-state index contributed by atoms with van der Waals surface area (Å²) in [6.45, 7) is 1.44. The zero-order valence-electron chi connectivity index (χ0n) is 20.3. The predicted molar refractivity (Wildman–Crippen MR) is 133 cm³/mol. The lowest BCUT2D eigenvalue weighted by Gasteiger charge is -2.24. The van der Waals surface area contributed by atoms with E-state index < -0.39 is 18.8 Å². The zero-order valence-corrected chi connectivity index (χ0v) is 20.3. The fourth-order valence-corrected chi connectivity index (χ4v) is 4.35. The van der Waals surface area contributed by atoms with Crippen LogP contribution >= 0.6 is 0 Å². The topological polar surface area (TPSA) is 60.7 Å². The van der Waals surface area contributed by atoms with E-state index in [2.05, 4.69) is 13.0 Å². The lowest BCUT2D eigenvalue weighted by atomic mass is 9.91. The molecule has 0 spiro atoms. The van der Waals surface area contributed by atoms with Gasteiger partial charge in [-0.25, -0.2) is 0 Å². The Morgan fingerprint density at radius 2 is 0.968 bits per heavy atom. The maximum Gasteiger partial charge on any atom is 0.115 e. The van der Waals surface area contributed by atoms with Crippen molar-refractivity contribution in [3.05, 3.63) is 35.4 Å². The number of aliphatic hydroxyl groups excluding tert-OH is 2. The van der Waals surface area contributed by atoms with Crippen LogP contribution in [0.25, 0.3) is 0 Å². The van der Waals surface area contributed by atoms with Crippen LogP contribution in [-0.2, 0) is 12.8 Å². The Balaban J connectivity index is 2.00.